The van der Waals surface area contributed by atoms with E-state index >= 15 is 0 Å². The van der Waals surface area contributed by atoms with Crippen LogP contribution in [0, 0.1) is 0 Å². The standard InChI is InChI=1S/C25H30ClN9O5S/c1-41(39,40)15-2-3-16-14(12-15)6-9-35(16)18(37)5-4-17(36)34-10-7-25(8-11-34)13-29-24(33-25)32-23(38)19-21(27)31-22(28)20(26)30-19/h2-3,12H,4-11,13H2,1H3,(H4,27,28,31)(H2,29,32,33,38). The molecule has 5 rings (SSSR count). The number of anilines is 3. The molecular formula is C25H30ClN9O5S. The van der Waals surface area contributed by atoms with Gasteiger partial charge in [0.15, 0.2) is 38.3 Å². The number of hydrogen-bond acceptors (Lipinski definition) is 9. The van der Waals surface area contributed by atoms with Gasteiger partial charge in [0.25, 0.3) is 0 Å². The number of sulfone groups is 1. The van der Waals surface area contributed by atoms with Crippen LogP contribution in [0.2, 0.25) is 5.15 Å². The Kier molecular flexibility index (Phi) is 7.50. The number of carbonyl (C=O) groups is 3. The van der Waals surface area contributed by atoms with Crippen LogP contribution < -0.4 is 27.0 Å². The van der Waals surface area contributed by atoms with Crippen LogP contribution >= 0.6 is 11.6 Å². The minimum Gasteiger partial charge on any atom is -0.382 e. The lowest BCUT2D eigenvalue weighted by Crippen LogP contribution is -2.53. The number of likely N-dealkylation sites (tertiary alicyclic amines) is 1. The number of rotatable bonds is 5. The topological polar surface area (TPSA) is 206 Å². The lowest BCUT2D eigenvalue weighted by molar-refractivity contribution is -0.134. The molecule has 2 saturated heterocycles. The predicted molar refractivity (Wildman–Crippen MR) is 152 cm³/mol. The van der Waals surface area contributed by atoms with E-state index in [9.17, 15) is 22.8 Å². The Hall–Kier alpha value is -3.98. The summed E-state index contributed by atoms with van der Waals surface area (Å²) in [6, 6.07) is 4.77. The summed E-state index contributed by atoms with van der Waals surface area (Å²) in [6.07, 6.45) is 3.10. The van der Waals surface area contributed by atoms with Crippen LogP contribution in [0.3, 0.4) is 0 Å². The first kappa shape index (κ1) is 28.5. The molecule has 3 aliphatic heterocycles. The maximum Gasteiger partial charge on any atom is 0.302 e. The van der Waals surface area contributed by atoms with Crippen LogP contribution in [0.1, 0.15) is 41.7 Å². The molecule has 1 aromatic heterocycles. The zero-order valence-corrected chi connectivity index (χ0v) is 23.9. The second-order valence-electron chi connectivity index (χ2n) is 10.4. The van der Waals surface area contributed by atoms with E-state index in [4.69, 9.17) is 23.1 Å². The third kappa shape index (κ3) is 5.91. The Morgan fingerprint density at radius 3 is 2.49 bits per heavy atom. The molecule has 1 spiro atoms. The maximum atomic E-state index is 12.9. The highest BCUT2D eigenvalue weighted by Crippen LogP contribution is 2.31. The number of benzene rings is 1. The van der Waals surface area contributed by atoms with Crippen LogP contribution in [-0.2, 0) is 25.8 Å². The molecule has 218 valence electrons. The Morgan fingerprint density at radius 2 is 1.78 bits per heavy atom. The molecule has 4 heterocycles. The lowest BCUT2D eigenvalue weighted by atomic mass is 9.88. The van der Waals surface area contributed by atoms with E-state index in [2.05, 4.69) is 25.6 Å². The number of fused-ring (bicyclic) bond motifs is 1. The van der Waals surface area contributed by atoms with Crippen molar-refractivity contribution in [2.24, 2.45) is 4.99 Å². The van der Waals surface area contributed by atoms with Gasteiger partial charge in [0, 0.05) is 51.0 Å². The zero-order valence-electron chi connectivity index (χ0n) is 22.3. The molecule has 3 aliphatic rings. The first-order chi connectivity index (χ1) is 19.3. The molecular weight excluding hydrogens is 574 g/mol. The van der Waals surface area contributed by atoms with E-state index in [-0.39, 0.29) is 63.5 Å². The molecule has 0 saturated carbocycles. The molecule has 2 aromatic rings. The van der Waals surface area contributed by atoms with Crippen LogP contribution in [0.25, 0.3) is 0 Å². The number of nitrogens with two attached hydrogens (primary N) is 2. The van der Waals surface area contributed by atoms with E-state index in [1.54, 1.807) is 21.9 Å². The highest BCUT2D eigenvalue weighted by atomic mass is 35.5. The minimum absolute atomic E-state index is 0.0631. The Labute approximate surface area is 241 Å². The zero-order chi connectivity index (χ0) is 29.5. The Balaban J connectivity index is 1.12. The minimum atomic E-state index is -3.33. The third-order valence-electron chi connectivity index (χ3n) is 7.60. The quantitative estimate of drug-likeness (QED) is 0.361. The fourth-order valence-corrected chi connectivity index (χ4v) is 6.07. The summed E-state index contributed by atoms with van der Waals surface area (Å²) in [6.45, 7) is 1.93. The van der Waals surface area contributed by atoms with E-state index in [1.165, 1.54) is 6.07 Å². The monoisotopic (exact) mass is 603 g/mol. The number of nitrogens with one attached hydrogen (secondary N) is 2. The number of amides is 3. The van der Waals surface area contributed by atoms with E-state index in [0.717, 1.165) is 11.8 Å². The van der Waals surface area contributed by atoms with Gasteiger partial charge in [-0.25, -0.2) is 18.4 Å². The fraction of sp³-hybridized carbons (Fsp3) is 0.440. The van der Waals surface area contributed by atoms with Crippen molar-refractivity contribution in [2.75, 3.05) is 48.8 Å². The summed E-state index contributed by atoms with van der Waals surface area (Å²) >= 11 is 5.86. The fourth-order valence-electron chi connectivity index (χ4n) is 5.27. The van der Waals surface area contributed by atoms with Gasteiger partial charge in [0.1, 0.15) is 0 Å². The highest BCUT2D eigenvalue weighted by molar-refractivity contribution is 7.90. The Bertz CT molecular complexity index is 1570. The summed E-state index contributed by atoms with van der Waals surface area (Å²) in [5, 5.41) is 6.20. The first-order valence-corrected chi connectivity index (χ1v) is 15.3. The molecule has 0 aliphatic carbocycles. The molecule has 2 fully saturated rings. The molecule has 0 bridgehead atoms. The Morgan fingerprint density at radius 1 is 1.07 bits per heavy atom. The van der Waals surface area contributed by atoms with Crippen LogP contribution in [0.5, 0.6) is 0 Å². The SMILES string of the molecule is CS(=O)(=O)c1ccc2c(c1)CCN2C(=O)CCC(=O)N1CCC2(CC1)CN/C(=N\C(=O)c1nc(Cl)c(N)nc1N)N2. The molecule has 16 heteroatoms. The molecule has 41 heavy (non-hydrogen) atoms. The second kappa shape index (κ2) is 10.8. The molecule has 0 atom stereocenters. The average Bonchev–Trinajstić information content (AvgIpc) is 3.52. The maximum absolute atomic E-state index is 12.9. The number of piperidine rings is 1. The molecule has 14 nitrogen and oxygen atoms in total. The number of halogens is 1. The van der Waals surface area contributed by atoms with Gasteiger partial charge in [-0.2, -0.15) is 4.99 Å². The summed E-state index contributed by atoms with van der Waals surface area (Å²) in [5.74, 6) is -0.987. The summed E-state index contributed by atoms with van der Waals surface area (Å²) < 4.78 is 23.7. The third-order valence-corrected chi connectivity index (χ3v) is 8.99. The number of nitrogens with zero attached hydrogens (tertiary/aromatic N) is 5. The summed E-state index contributed by atoms with van der Waals surface area (Å²) in [5.41, 5.74) is 12.2. The van der Waals surface area contributed by atoms with Gasteiger partial charge in [0.2, 0.25) is 11.8 Å². The molecule has 6 N–H and O–H groups in total. The van der Waals surface area contributed by atoms with Gasteiger partial charge >= 0.3 is 5.91 Å². The van der Waals surface area contributed by atoms with Gasteiger partial charge in [0.05, 0.1) is 10.4 Å². The molecule has 0 radical (unpaired) electrons. The van der Waals surface area contributed by atoms with Crippen LogP contribution in [-0.4, -0.2) is 84.9 Å². The van der Waals surface area contributed by atoms with Crippen molar-refractivity contribution in [2.45, 2.75) is 42.5 Å². The van der Waals surface area contributed by atoms with Crippen molar-refractivity contribution in [3.05, 3.63) is 34.6 Å². The smallest absolute Gasteiger partial charge is 0.302 e. The summed E-state index contributed by atoms with van der Waals surface area (Å²) in [7, 11) is -3.33. The first-order valence-electron chi connectivity index (χ1n) is 13.0. The number of aliphatic imine (C=N–C) groups is 1. The van der Waals surface area contributed by atoms with Crippen molar-refractivity contribution in [3.63, 3.8) is 0 Å². The van der Waals surface area contributed by atoms with Crippen molar-refractivity contribution < 1.29 is 22.8 Å². The average molecular weight is 604 g/mol. The van der Waals surface area contributed by atoms with E-state index < -0.39 is 15.7 Å². The van der Waals surface area contributed by atoms with Crippen molar-refractivity contribution in [3.8, 4) is 0 Å². The van der Waals surface area contributed by atoms with Gasteiger partial charge in [-0.05, 0) is 43.0 Å². The van der Waals surface area contributed by atoms with Gasteiger partial charge in [-0.15, -0.1) is 0 Å². The molecule has 1 aromatic carbocycles. The second-order valence-corrected chi connectivity index (χ2v) is 12.8. The summed E-state index contributed by atoms with van der Waals surface area (Å²) in [4.78, 5) is 53.7. The molecule has 3 amide bonds. The largest absolute Gasteiger partial charge is 0.382 e. The van der Waals surface area contributed by atoms with E-state index in [1.807, 2.05) is 0 Å². The van der Waals surface area contributed by atoms with Crippen molar-refractivity contribution in [1.29, 1.82) is 0 Å². The predicted octanol–water partition coefficient (Wildman–Crippen LogP) is 0.118. The van der Waals surface area contributed by atoms with E-state index in [0.29, 0.717) is 51.1 Å². The number of carbonyl (C=O) groups excluding carboxylic acids is 3. The highest BCUT2D eigenvalue weighted by Gasteiger charge is 2.41. The number of hydrogen-bond donors (Lipinski definition) is 4. The van der Waals surface area contributed by atoms with Gasteiger partial charge in [-0.3, -0.25) is 14.4 Å². The number of aromatic nitrogens is 2. The lowest BCUT2D eigenvalue weighted by Gasteiger charge is -2.38. The normalized spacial score (nSPS) is 18.7. The number of guanidine groups is 1. The van der Waals surface area contributed by atoms with Crippen molar-refractivity contribution in [1.82, 2.24) is 25.5 Å². The van der Waals surface area contributed by atoms with Gasteiger partial charge < -0.3 is 31.9 Å². The van der Waals surface area contributed by atoms with Crippen LogP contribution in [0.4, 0.5) is 17.3 Å². The van der Waals surface area contributed by atoms with Crippen LogP contribution in [0.15, 0.2) is 28.1 Å². The number of nitrogen functional groups attached to an aromatic ring is 2. The molecule has 0 unspecified atom stereocenters. The van der Waals surface area contributed by atoms with Gasteiger partial charge in [-0.1, -0.05) is 11.6 Å². The van der Waals surface area contributed by atoms with Crippen molar-refractivity contribution >= 4 is 62.4 Å².